The fourth-order valence-corrected chi connectivity index (χ4v) is 6.48. The van der Waals surface area contributed by atoms with Gasteiger partial charge in [-0.05, 0) is 60.2 Å². The van der Waals surface area contributed by atoms with E-state index in [0.717, 1.165) is 27.8 Å². The molecule has 7 nitrogen and oxygen atoms in total. The molecule has 36 heavy (non-hydrogen) atoms. The summed E-state index contributed by atoms with van der Waals surface area (Å²) in [4.78, 5) is 24.9. The van der Waals surface area contributed by atoms with Crippen molar-refractivity contribution >= 4 is 27.5 Å². The van der Waals surface area contributed by atoms with E-state index < -0.39 is 16.1 Å². The summed E-state index contributed by atoms with van der Waals surface area (Å²) in [7, 11) is -4.03. The maximum absolute atomic E-state index is 14.0. The zero-order valence-corrected chi connectivity index (χ0v) is 21.6. The maximum atomic E-state index is 14.0. The number of carbonyl (C=O) groups is 2. The van der Waals surface area contributed by atoms with Crippen LogP contribution in [0.5, 0.6) is 0 Å². The first-order valence-electron chi connectivity index (χ1n) is 12.0. The van der Waals surface area contributed by atoms with Crippen molar-refractivity contribution in [3.63, 3.8) is 0 Å². The van der Waals surface area contributed by atoms with Crippen LogP contribution in [-0.2, 0) is 32.6 Å². The van der Waals surface area contributed by atoms with Crippen molar-refractivity contribution in [2.24, 2.45) is 0 Å². The zero-order chi connectivity index (χ0) is 25.9. The highest BCUT2D eigenvalue weighted by molar-refractivity contribution is 7.89. The van der Waals surface area contributed by atoms with Crippen molar-refractivity contribution in [2.45, 2.75) is 51.1 Å². The van der Waals surface area contributed by atoms with Gasteiger partial charge in [0.1, 0.15) is 4.90 Å². The highest BCUT2D eigenvalue weighted by Gasteiger charge is 2.38. The summed E-state index contributed by atoms with van der Waals surface area (Å²) >= 11 is 0. The predicted molar refractivity (Wildman–Crippen MR) is 140 cm³/mol. The molecule has 3 aromatic rings. The zero-order valence-electron chi connectivity index (χ0n) is 20.7. The second-order valence-electron chi connectivity index (χ2n) is 9.17. The van der Waals surface area contributed by atoms with Crippen molar-refractivity contribution in [2.75, 3.05) is 11.9 Å². The lowest BCUT2D eigenvalue weighted by Crippen LogP contribution is -2.42. The monoisotopic (exact) mass is 505 g/mol. The summed E-state index contributed by atoms with van der Waals surface area (Å²) < 4.78 is 29.4. The summed E-state index contributed by atoms with van der Waals surface area (Å²) in [5.41, 5.74) is 4.94. The van der Waals surface area contributed by atoms with Gasteiger partial charge in [-0.25, -0.2) is 8.42 Å². The first-order chi connectivity index (χ1) is 17.2. The molecule has 3 aromatic carbocycles. The van der Waals surface area contributed by atoms with Crippen LogP contribution in [0.15, 0.2) is 71.6 Å². The maximum Gasteiger partial charge on any atom is 0.245 e. The van der Waals surface area contributed by atoms with Crippen molar-refractivity contribution in [3.8, 4) is 0 Å². The first kappa shape index (κ1) is 25.6. The normalized spacial score (nSPS) is 15.7. The summed E-state index contributed by atoms with van der Waals surface area (Å²) in [5, 5.41) is 5.60. The molecule has 0 spiro atoms. The van der Waals surface area contributed by atoms with Gasteiger partial charge < -0.3 is 10.6 Å². The number of benzene rings is 3. The third-order valence-electron chi connectivity index (χ3n) is 6.51. The number of fused-ring (bicyclic) bond motifs is 1. The van der Waals surface area contributed by atoms with E-state index in [2.05, 4.69) is 10.6 Å². The molecule has 0 aromatic heterocycles. The number of nitrogens with zero attached hydrogens (tertiary/aromatic N) is 1. The van der Waals surface area contributed by atoms with Crippen LogP contribution in [0.25, 0.3) is 0 Å². The summed E-state index contributed by atoms with van der Waals surface area (Å²) in [6.07, 6.45) is 0.529. The van der Waals surface area contributed by atoms with Crippen molar-refractivity contribution in [1.82, 2.24) is 9.62 Å². The fraction of sp³-hybridized carbons (Fsp3) is 0.286. The third kappa shape index (κ3) is 5.50. The minimum atomic E-state index is -4.03. The molecule has 0 radical (unpaired) electrons. The molecule has 0 saturated carbocycles. The SMILES string of the molecule is CC(=O)Nc1ccc(C)cc1S(=O)(=O)N1CCc2ccccc2[C@@H]1CC(=O)NCc1ccccc1C. The van der Waals surface area contributed by atoms with E-state index >= 15 is 0 Å². The standard InChI is InChI=1S/C28H31N3O4S/c1-19-12-13-25(30-21(3)32)27(16-19)36(34,35)31-15-14-22-9-6-7-11-24(22)26(31)17-28(33)29-18-23-10-5-4-8-20(23)2/h4-13,16,26H,14-15,17-18H2,1-3H3,(H,29,33)(H,30,32)/t26-/m0/s1. The molecule has 0 saturated heterocycles. The molecule has 8 heteroatoms. The Bertz CT molecular complexity index is 1400. The number of aryl methyl sites for hydroxylation is 2. The van der Waals surface area contributed by atoms with Crippen LogP contribution in [0.4, 0.5) is 5.69 Å². The van der Waals surface area contributed by atoms with E-state index in [1.165, 1.54) is 11.2 Å². The Morgan fingerprint density at radius 2 is 1.72 bits per heavy atom. The third-order valence-corrected chi connectivity index (χ3v) is 8.46. The Morgan fingerprint density at radius 1 is 1.00 bits per heavy atom. The minimum absolute atomic E-state index is 0.0105. The molecule has 2 amide bonds. The van der Waals surface area contributed by atoms with Gasteiger partial charge in [-0.2, -0.15) is 4.31 Å². The van der Waals surface area contributed by atoms with Crippen LogP contribution in [0.1, 0.15) is 47.2 Å². The molecule has 2 N–H and O–H groups in total. The molecule has 1 aliphatic heterocycles. The van der Waals surface area contributed by atoms with Crippen LogP contribution in [0.2, 0.25) is 0 Å². The molecule has 1 atom stereocenters. The minimum Gasteiger partial charge on any atom is -0.352 e. The van der Waals surface area contributed by atoms with E-state index in [4.69, 9.17) is 0 Å². The molecule has 4 rings (SSSR count). The van der Waals surface area contributed by atoms with Crippen LogP contribution >= 0.6 is 0 Å². The number of sulfonamides is 1. The van der Waals surface area contributed by atoms with E-state index in [-0.39, 0.29) is 35.4 Å². The first-order valence-corrected chi connectivity index (χ1v) is 13.4. The average molecular weight is 506 g/mol. The Hall–Kier alpha value is -3.49. The van der Waals surface area contributed by atoms with Crippen molar-refractivity contribution in [1.29, 1.82) is 0 Å². The lowest BCUT2D eigenvalue weighted by atomic mass is 9.92. The van der Waals surface area contributed by atoms with E-state index in [9.17, 15) is 18.0 Å². The lowest BCUT2D eigenvalue weighted by molar-refractivity contribution is -0.122. The van der Waals surface area contributed by atoms with Gasteiger partial charge in [-0.15, -0.1) is 0 Å². The van der Waals surface area contributed by atoms with E-state index in [1.54, 1.807) is 25.1 Å². The largest absolute Gasteiger partial charge is 0.352 e. The Balaban J connectivity index is 1.67. The van der Waals surface area contributed by atoms with Gasteiger partial charge in [0.2, 0.25) is 21.8 Å². The lowest BCUT2D eigenvalue weighted by Gasteiger charge is -2.36. The summed E-state index contributed by atoms with van der Waals surface area (Å²) in [6, 6.07) is 19.7. The van der Waals surface area contributed by atoms with Gasteiger partial charge in [-0.3, -0.25) is 9.59 Å². The van der Waals surface area contributed by atoms with Crippen molar-refractivity contribution < 1.29 is 18.0 Å². The summed E-state index contributed by atoms with van der Waals surface area (Å²) in [5.74, 6) is -0.585. The number of hydrogen-bond donors (Lipinski definition) is 2. The van der Waals surface area contributed by atoms with Crippen molar-refractivity contribution in [3.05, 3.63) is 94.5 Å². The number of hydrogen-bond acceptors (Lipinski definition) is 4. The molecule has 1 heterocycles. The quantitative estimate of drug-likeness (QED) is 0.502. The predicted octanol–water partition coefficient (Wildman–Crippen LogP) is 4.26. The Kier molecular flexibility index (Phi) is 7.56. The highest BCUT2D eigenvalue weighted by Crippen LogP contribution is 2.38. The second kappa shape index (κ2) is 10.6. The van der Waals surface area contributed by atoms with Gasteiger partial charge in [-0.1, -0.05) is 54.6 Å². The average Bonchev–Trinajstić information content (AvgIpc) is 2.84. The van der Waals surface area contributed by atoms with Gasteiger partial charge in [0.25, 0.3) is 0 Å². The molecule has 188 valence electrons. The smallest absolute Gasteiger partial charge is 0.245 e. The molecule has 1 aliphatic rings. The number of nitrogens with one attached hydrogen (secondary N) is 2. The van der Waals surface area contributed by atoms with Gasteiger partial charge >= 0.3 is 0 Å². The number of amides is 2. The molecule has 0 bridgehead atoms. The van der Waals surface area contributed by atoms with Gasteiger partial charge in [0.15, 0.2) is 0 Å². The molecule has 0 unspecified atom stereocenters. The van der Waals surface area contributed by atoms with E-state index in [1.807, 2.05) is 55.5 Å². The molecular weight excluding hydrogens is 474 g/mol. The van der Waals surface area contributed by atoms with Crippen LogP contribution in [0, 0.1) is 13.8 Å². The number of anilines is 1. The Labute approximate surface area is 212 Å². The van der Waals surface area contributed by atoms with Crippen LogP contribution < -0.4 is 10.6 Å². The van der Waals surface area contributed by atoms with Gasteiger partial charge in [0, 0.05) is 26.4 Å². The molecular formula is C28H31N3O4S. The molecule has 0 fully saturated rings. The summed E-state index contributed by atoms with van der Waals surface area (Å²) in [6.45, 7) is 5.75. The highest BCUT2D eigenvalue weighted by atomic mass is 32.2. The molecule has 0 aliphatic carbocycles. The fourth-order valence-electron chi connectivity index (χ4n) is 4.64. The second-order valence-corrected chi connectivity index (χ2v) is 11.0. The topological polar surface area (TPSA) is 95.6 Å². The van der Waals surface area contributed by atoms with E-state index in [0.29, 0.717) is 13.0 Å². The van der Waals surface area contributed by atoms with Gasteiger partial charge in [0.05, 0.1) is 11.7 Å². The van der Waals surface area contributed by atoms with Crippen LogP contribution in [-0.4, -0.2) is 31.1 Å². The number of rotatable bonds is 7. The number of carbonyl (C=O) groups excluding carboxylic acids is 2. The Morgan fingerprint density at radius 3 is 2.47 bits per heavy atom. The van der Waals surface area contributed by atoms with Crippen LogP contribution in [0.3, 0.4) is 0 Å².